The number of urea groups is 1. The Balaban J connectivity index is 1.35. The largest absolute Gasteiger partial charge is 0.351 e. The molecule has 4 rings (SSSR count). The molecule has 2 heterocycles. The van der Waals surface area contributed by atoms with E-state index >= 15 is 0 Å². The van der Waals surface area contributed by atoms with Crippen molar-refractivity contribution < 1.29 is 4.79 Å². The molecule has 0 radical (unpaired) electrons. The number of anilines is 1. The second kappa shape index (κ2) is 7.43. The molecule has 7 nitrogen and oxygen atoms in total. The zero-order valence-corrected chi connectivity index (χ0v) is 15.2. The van der Waals surface area contributed by atoms with E-state index in [2.05, 4.69) is 38.1 Å². The topological polar surface area (TPSA) is 91.8 Å². The Bertz CT molecular complexity index is 783. The van der Waals surface area contributed by atoms with Crippen LogP contribution < -0.4 is 16.0 Å². The van der Waals surface area contributed by atoms with Gasteiger partial charge >= 0.3 is 6.03 Å². The number of carbonyl (C=O) groups is 1. The lowest BCUT2D eigenvalue weighted by Gasteiger charge is -2.29. The third kappa shape index (κ3) is 4.03. The number of amides is 2. The van der Waals surface area contributed by atoms with Gasteiger partial charge in [0.25, 0.3) is 0 Å². The van der Waals surface area contributed by atoms with E-state index in [-0.39, 0.29) is 12.1 Å². The molecule has 26 heavy (non-hydrogen) atoms. The van der Waals surface area contributed by atoms with Crippen molar-refractivity contribution in [1.82, 2.24) is 25.6 Å². The molecule has 138 valence electrons. The molecule has 2 aromatic rings. The van der Waals surface area contributed by atoms with Crippen molar-refractivity contribution in [3.05, 3.63) is 24.0 Å². The minimum atomic E-state index is -0.0701. The van der Waals surface area contributed by atoms with Crippen molar-refractivity contribution in [2.24, 2.45) is 0 Å². The fourth-order valence-corrected chi connectivity index (χ4v) is 3.56. The average molecular weight is 354 g/mol. The summed E-state index contributed by atoms with van der Waals surface area (Å²) in [6.45, 7) is 2.57. The summed E-state index contributed by atoms with van der Waals surface area (Å²) >= 11 is 0. The van der Waals surface area contributed by atoms with E-state index in [0.29, 0.717) is 24.5 Å². The maximum atomic E-state index is 11.6. The minimum Gasteiger partial charge on any atom is -0.351 e. The molecule has 2 fully saturated rings. The highest BCUT2D eigenvalue weighted by atomic mass is 16.2. The van der Waals surface area contributed by atoms with Crippen LogP contribution in [0.2, 0.25) is 0 Å². The predicted molar refractivity (Wildman–Crippen MR) is 101 cm³/mol. The van der Waals surface area contributed by atoms with E-state index in [9.17, 15) is 4.79 Å². The number of nitrogens with zero attached hydrogens (tertiary/aromatic N) is 3. The Kier molecular flexibility index (Phi) is 4.86. The van der Waals surface area contributed by atoms with Crippen LogP contribution in [0.25, 0.3) is 11.0 Å². The smallest absolute Gasteiger partial charge is 0.314 e. The Morgan fingerprint density at radius 3 is 2.58 bits per heavy atom. The van der Waals surface area contributed by atoms with Crippen molar-refractivity contribution in [1.29, 1.82) is 0 Å². The van der Waals surface area contributed by atoms with Crippen LogP contribution in [0.15, 0.2) is 18.3 Å². The SMILES string of the molecule is CCNC(=O)NC1CCC(Nc2ncc3ccc(C4CC4)nc3n2)CC1. The van der Waals surface area contributed by atoms with E-state index in [1.54, 1.807) is 0 Å². The molecule has 2 aliphatic carbocycles. The van der Waals surface area contributed by atoms with Gasteiger partial charge in [-0.15, -0.1) is 0 Å². The van der Waals surface area contributed by atoms with Crippen LogP contribution in [-0.4, -0.2) is 39.6 Å². The summed E-state index contributed by atoms with van der Waals surface area (Å²) in [4.78, 5) is 25.4. The van der Waals surface area contributed by atoms with Crippen molar-refractivity contribution in [3.8, 4) is 0 Å². The van der Waals surface area contributed by atoms with Gasteiger partial charge in [-0.05, 0) is 57.6 Å². The number of carbonyl (C=O) groups excluding carboxylic acids is 1. The Morgan fingerprint density at radius 1 is 1.08 bits per heavy atom. The molecule has 0 bridgehead atoms. The molecule has 0 spiro atoms. The summed E-state index contributed by atoms with van der Waals surface area (Å²) in [6, 6.07) is 4.68. The number of aromatic nitrogens is 3. The first-order chi connectivity index (χ1) is 12.7. The summed E-state index contributed by atoms with van der Waals surface area (Å²) in [6.07, 6.45) is 8.24. The van der Waals surface area contributed by atoms with Crippen LogP contribution in [0, 0.1) is 0 Å². The molecule has 0 atom stereocenters. The highest BCUT2D eigenvalue weighted by molar-refractivity contribution is 5.75. The monoisotopic (exact) mass is 354 g/mol. The van der Waals surface area contributed by atoms with E-state index in [4.69, 9.17) is 4.98 Å². The molecule has 0 aromatic carbocycles. The van der Waals surface area contributed by atoms with Gasteiger partial charge in [-0.2, -0.15) is 4.98 Å². The van der Waals surface area contributed by atoms with Gasteiger partial charge in [0, 0.05) is 41.8 Å². The summed E-state index contributed by atoms with van der Waals surface area (Å²) in [5.41, 5.74) is 1.93. The summed E-state index contributed by atoms with van der Waals surface area (Å²) in [5.74, 6) is 1.27. The third-order valence-corrected chi connectivity index (χ3v) is 5.19. The third-order valence-electron chi connectivity index (χ3n) is 5.19. The Morgan fingerprint density at radius 2 is 1.85 bits per heavy atom. The number of nitrogens with one attached hydrogen (secondary N) is 3. The molecular formula is C19H26N6O. The van der Waals surface area contributed by atoms with Crippen LogP contribution in [0.5, 0.6) is 0 Å². The maximum Gasteiger partial charge on any atom is 0.314 e. The quantitative estimate of drug-likeness (QED) is 0.768. The second-order valence-electron chi connectivity index (χ2n) is 7.31. The fraction of sp³-hybridized carbons (Fsp3) is 0.579. The van der Waals surface area contributed by atoms with Gasteiger partial charge in [-0.1, -0.05) is 0 Å². The molecule has 0 aliphatic heterocycles. The highest BCUT2D eigenvalue weighted by Gasteiger charge is 2.25. The van der Waals surface area contributed by atoms with Crippen molar-refractivity contribution in [2.45, 2.75) is 63.5 Å². The average Bonchev–Trinajstić information content (AvgIpc) is 3.48. The van der Waals surface area contributed by atoms with Crippen LogP contribution in [-0.2, 0) is 0 Å². The van der Waals surface area contributed by atoms with Gasteiger partial charge in [0.2, 0.25) is 5.95 Å². The van der Waals surface area contributed by atoms with Crippen molar-refractivity contribution >= 4 is 23.0 Å². The lowest BCUT2D eigenvalue weighted by molar-refractivity contribution is 0.232. The van der Waals surface area contributed by atoms with E-state index in [1.165, 1.54) is 12.8 Å². The summed E-state index contributed by atoms with van der Waals surface area (Å²) < 4.78 is 0. The maximum absolute atomic E-state index is 11.6. The lowest BCUT2D eigenvalue weighted by atomic mass is 9.91. The minimum absolute atomic E-state index is 0.0701. The van der Waals surface area contributed by atoms with E-state index in [1.807, 2.05) is 13.1 Å². The van der Waals surface area contributed by atoms with Gasteiger partial charge in [-0.3, -0.25) is 0 Å². The number of hydrogen-bond donors (Lipinski definition) is 3. The molecule has 2 aromatic heterocycles. The first-order valence-corrected chi connectivity index (χ1v) is 9.66. The number of pyridine rings is 1. The summed E-state index contributed by atoms with van der Waals surface area (Å²) in [7, 11) is 0. The van der Waals surface area contributed by atoms with Crippen LogP contribution in [0.1, 0.15) is 57.1 Å². The van der Waals surface area contributed by atoms with Gasteiger partial charge in [0.1, 0.15) is 0 Å². The fourth-order valence-electron chi connectivity index (χ4n) is 3.56. The predicted octanol–water partition coefficient (Wildman–Crippen LogP) is 2.94. The standard InChI is InChI=1S/C19H26N6O/c1-2-20-19(26)23-15-8-6-14(7-9-15)22-18-21-11-13-5-10-16(12-3-4-12)24-17(13)25-18/h5,10-12,14-15H,2-4,6-9H2,1H3,(H2,20,23,26)(H,21,22,24,25). The Labute approximate surface area is 153 Å². The molecule has 3 N–H and O–H groups in total. The highest BCUT2D eigenvalue weighted by Crippen LogP contribution is 2.39. The number of hydrogen-bond acceptors (Lipinski definition) is 5. The lowest BCUT2D eigenvalue weighted by Crippen LogP contribution is -2.44. The van der Waals surface area contributed by atoms with Crippen molar-refractivity contribution in [3.63, 3.8) is 0 Å². The van der Waals surface area contributed by atoms with E-state index < -0.39 is 0 Å². The Hall–Kier alpha value is -2.44. The molecule has 2 amide bonds. The van der Waals surface area contributed by atoms with Gasteiger partial charge in [0.15, 0.2) is 5.65 Å². The molecule has 2 aliphatic rings. The molecule has 0 unspecified atom stereocenters. The zero-order chi connectivity index (χ0) is 17.9. The number of rotatable bonds is 5. The second-order valence-corrected chi connectivity index (χ2v) is 7.31. The first-order valence-electron chi connectivity index (χ1n) is 9.66. The summed E-state index contributed by atoms with van der Waals surface area (Å²) in [5, 5.41) is 10.2. The normalized spacial score (nSPS) is 22.8. The van der Waals surface area contributed by atoms with Gasteiger partial charge < -0.3 is 16.0 Å². The first kappa shape index (κ1) is 17.0. The molecular weight excluding hydrogens is 328 g/mol. The zero-order valence-electron chi connectivity index (χ0n) is 15.2. The van der Waals surface area contributed by atoms with Gasteiger partial charge in [-0.25, -0.2) is 14.8 Å². The number of fused-ring (bicyclic) bond motifs is 1. The molecule has 7 heteroatoms. The molecule has 0 saturated heterocycles. The van der Waals surface area contributed by atoms with E-state index in [0.717, 1.165) is 42.4 Å². The van der Waals surface area contributed by atoms with Gasteiger partial charge in [0.05, 0.1) is 0 Å². The van der Waals surface area contributed by atoms with Crippen LogP contribution >= 0.6 is 0 Å². The molecule has 2 saturated carbocycles. The van der Waals surface area contributed by atoms with Crippen molar-refractivity contribution in [2.75, 3.05) is 11.9 Å². The van der Waals surface area contributed by atoms with Crippen LogP contribution in [0.4, 0.5) is 10.7 Å². The van der Waals surface area contributed by atoms with Crippen LogP contribution in [0.3, 0.4) is 0 Å².